The van der Waals surface area contributed by atoms with E-state index in [0.717, 1.165) is 6.42 Å². The number of imide groups is 1. The van der Waals surface area contributed by atoms with Gasteiger partial charge in [-0.2, -0.15) is 0 Å². The lowest BCUT2D eigenvalue weighted by Gasteiger charge is -2.38. The Labute approximate surface area is 170 Å². The molecule has 3 amide bonds. The Kier molecular flexibility index (Phi) is 5.94. The van der Waals surface area contributed by atoms with E-state index in [9.17, 15) is 14.4 Å². The maximum Gasteiger partial charge on any atom is 0.257 e. The molecule has 3 heterocycles. The van der Waals surface area contributed by atoms with Gasteiger partial charge in [-0.1, -0.05) is 18.2 Å². The van der Waals surface area contributed by atoms with Gasteiger partial charge >= 0.3 is 0 Å². The third kappa shape index (κ3) is 4.49. The van der Waals surface area contributed by atoms with Crippen molar-refractivity contribution in [2.45, 2.75) is 37.5 Å². The molecule has 0 unspecified atom stereocenters. The minimum atomic E-state index is -0.509. The van der Waals surface area contributed by atoms with E-state index in [1.54, 1.807) is 24.3 Å². The van der Waals surface area contributed by atoms with Gasteiger partial charge in [0.1, 0.15) is 0 Å². The summed E-state index contributed by atoms with van der Waals surface area (Å²) in [5.74, 6) is -1.25. The third-order valence-corrected chi connectivity index (χ3v) is 5.97. The van der Waals surface area contributed by atoms with Crippen LogP contribution >= 0.6 is 0 Å². The van der Waals surface area contributed by atoms with E-state index in [1.165, 1.54) is 0 Å². The zero-order valence-electron chi connectivity index (χ0n) is 16.5. The molecule has 0 bridgehead atoms. The molecule has 0 aromatic heterocycles. The predicted octanol–water partition coefficient (Wildman–Crippen LogP) is 0.773. The Hall–Kier alpha value is -2.29. The van der Waals surface area contributed by atoms with Crippen molar-refractivity contribution in [1.82, 2.24) is 15.1 Å². The third-order valence-electron chi connectivity index (χ3n) is 5.97. The number of benzene rings is 1. The molecule has 1 atom stereocenters. The van der Waals surface area contributed by atoms with Gasteiger partial charge in [-0.15, -0.1) is 0 Å². The number of hydrogen-bond donors (Lipinski definition) is 1. The predicted molar refractivity (Wildman–Crippen MR) is 104 cm³/mol. The Morgan fingerprint density at radius 3 is 2.41 bits per heavy atom. The van der Waals surface area contributed by atoms with E-state index in [4.69, 9.17) is 9.47 Å². The molecular weight excluding hydrogens is 374 g/mol. The molecule has 3 fully saturated rings. The highest BCUT2D eigenvalue weighted by Gasteiger charge is 2.41. The van der Waals surface area contributed by atoms with Crippen molar-refractivity contribution in [1.29, 1.82) is 0 Å². The van der Waals surface area contributed by atoms with Gasteiger partial charge in [0.15, 0.2) is 5.79 Å². The van der Waals surface area contributed by atoms with Crippen molar-refractivity contribution in [2.75, 3.05) is 39.4 Å². The van der Waals surface area contributed by atoms with Gasteiger partial charge in [0, 0.05) is 31.5 Å². The van der Waals surface area contributed by atoms with Crippen LogP contribution in [0.4, 0.5) is 0 Å². The summed E-state index contributed by atoms with van der Waals surface area (Å²) in [4.78, 5) is 41.4. The average Bonchev–Trinajstić information content (AvgIpc) is 3.39. The number of carbonyl (C=O) groups excluding carboxylic acids is 3. The van der Waals surface area contributed by atoms with E-state index in [-0.39, 0.29) is 18.4 Å². The van der Waals surface area contributed by atoms with Crippen molar-refractivity contribution in [3.8, 4) is 0 Å². The van der Waals surface area contributed by atoms with Crippen LogP contribution in [0.3, 0.4) is 0 Å². The van der Waals surface area contributed by atoms with Crippen molar-refractivity contribution in [3.05, 3.63) is 35.9 Å². The summed E-state index contributed by atoms with van der Waals surface area (Å²) in [7, 11) is 0. The Bertz CT molecular complexity index is 753. The molecular formula is C21H27N3O5. The number of nitrogens with zero attached hydrogens (tertiary/aromatic N) is 2. The van der Waals surface area contributed by atoms with Crippen LogP contribution in [0.2, 0.25) is 0 Å². The van der Waals surface area contributed by atoms with Gasteiger partial charge in [-0.05, 0) is 31.5 Å². The molecule has 0 saturated carbocycles. The molecule has 1 aromatic carbocycles. The minimum Gasteiger partial charge on any atom is -0.347 e. The van der Waals surface area contributed by atoms with Crippen molar-refractivity contribution >= 4 is 17.7 Å². The van der Waals surface area contributed by atoms with Crippen LogP contribution in [0, 0.1) is 0 Å². The van der Waals surface area contributed by atoms with Gasteiger partial charge in [-0.25, -0.2) is 0 Å². The fourth-order valence-electron chi connectivity index (χ4n) is 4.33. The molecule has 0 aliphatic carbocycles. The molecule has 0 radical (unpaired) electrons. The molecule has 156 valence electrons. The lowest BCUT2D eigenvalue weighted by Crippen LogP contribution is -2.52. The zero-order chi connectivity index (χ0) is 20.3. The second-order valence-electron chi connectivity index (χ2n) is 7.80. The molecule has 8 nitrogen and oxygen atoms in total. The highest BCUT2D eigenvalue weighted by Crippen LogP contribution is 2.31. The van der Waals surface area contributed by atoms with Gasteiger partial charge < -0.3 is 14.4 Å². The number of nitrogens with one attached hydrogen (secondary N) is 1. The molecule has 4 rings (SSSR count). The summed E-state index contributed by atoms with van der Waals surface area (Å²) < 4.78 is 11.4. The SMILES string of the molecule is O=C(NC(=O)[C@H]1CCCN1CC(=O)N1CCC2(CC1)OCCO2)c1ccccc1. The summed E-state index contributed by atoms with van der Waals surface area (Å²) in [6.07, 6.45) is 2.82. The summed E-state index contributed by atoms with van der Waals surface area (Å²) in [5, 5.41) is 2.48. The van der Waals surface area contributed by atoms with Crippen molar-refractivity contribution in [2.24, 2.45) is 0 Å². The van der Waals surface area contributed by atoms with E-state index in [2.05, 4.69) is 5.32 Å². The van der Waals surface area contributed by atoms with Crippen LogP contribution < -0.4 is 5.32 Å². The van der Waals surface area contributed by atoms with Crippen molar-refractivity contribution in [3.63, 3.8) is 0 Å². The quantitative estimate of drug-likeness (QED) is 0.750. The van der Waals surface area contributed by atoms with Gasteiger partial charge in [0.25, 0.3) is 5.91 Å². The van der Waals surface area contributed by atoms with E-state index in [1.807, 2.05) is 15.9 Å². The minimum absolute atomic E-state index is 0.00642. The van der Waals surface area contributed by atoms with Crippen LogP contribution in [0.15, 0.2) is 30.3 Å². The van der Waals surface area contributed by atoms with Crippen LogP contribution in [0.5, 0.6) is 0 Å². The summed E-state index contributed by atoms with van der Waals surface area (Å²) >= 11 is 0. The van der Waals surface area contributed by atoms with Gasteiger partial charge in [-0.3, -0.25) is 24.6 Å². The second kappa shape index (κ2) is 8.61. The van der Waals surface area contributed by atoms with E-state index in [0.29, 0.717) is 57.7 Å². The van der Waals surface area contributed by atoms with Crippen LogP contribution in [-0.4, -0.2) is 78.7 Å². The van der Waals surface area contributed by atoms with E-state index < -0.39 is 17.7 Å². The first-order chi connectivity index (χ1) is 14.1. The molecule has 29 heavy (non-hydrogen) atoms. The van der Waals surface area contributed by atoms with Crippen LogP contribution in [0.25, 0.3) is 0 Å². The topological polar surface area (TPSA) is 88.2 Å². The Balaban J connectivity index is 1.29. The first-order valence-corrected chi connectivity index (χ1v) is 10.3. The van der Waals surface area contributed by atoms with Gasteiger partial charge in [0.05, 0.1) is 25.8 Å². The molecule has 1 N–H and O–H groups in total. The fraction of sp³-hybridized carbons (Fsp3) is 0.571. The lowest BCUT2D eigenvalue weighted by atomic mass is 10.0. The number of likely N-dealkylation sites (tertiary alicyclic amines) is 2. The monoisotopic (exact) mass is 401 g/mol. The summed E-state index contributed by atoms with van der Waals surface area (Å²) in [6.45, 7) is 3.27. The molecule has 3 aliphatic heterocycles. The highest BCUT2D eigenvalue weighted by atomic mass is 16.7. The summed E-state index contributed by atoms with van der Waals surface area (Å²) in [5.41, 5.74) is 0.445. The van der Waals surface area contributed by atoms with Gasteiger partial charge in [0.2, 0.25) is 11.8 Å². The molecule has 3 aliphatic rings. The number of piperidine rings is 1. The normalized spacial score (nSPS) is 24.0. The molecule has 1 aromatic rings. The van der Waals surface area contributed by atoms with Crippen molar-refractivity contribution < 1.29 is 23.9 Å². The Morgan fingerprint density at radius 1 is 1.03 bits per heavy atom. The number of amides is 3. The summed E-state index contributed by atoms with van der Waals surface area (Å²) in [6, 6.07) is 8.20. The standard InChI is InChI=1S/C21H27N3O5/c25-18(23-11-8-21(9-12-23)28-13-14-29-21)15-24-10-4-7-17(24)20(27)22-19(26)16-5-2-1-3-6-16/h1-3,5-6,17H,4,7-15H2,(H,22,26,27)/t17-/m1/s1. The Morgan fingerprint density at radius 2 is 1.72 bits per heavy atom. The maximum atomic E-state index is 12.8. The van der Waals surface area contributed by atoms with Crippen LogP contribution in [-0.2, 0) is 19.1 Å². The average molecular weight is 401 g/mol. The molecule has 8 heteroatoms. The number of hydrogen-bond acceptors (Lipinski definition) is 6. The molecule has 3 saturated heterocycles. The zero-order valence-corrected chi connectivity index (χ0v) is 16.5. The number of ether oxygens (including phenoxy) is 2. The molecule has 1 spiro atoms. The fourth-order valence-corrected chi connectivity index (χ4v) is 4.33. The van der Waals surface area contributed by atoms with Crippen LogP contribution in [0.1, 0.15) is 36.0 Å². The number of rotatable bonds is 4. The smallest absolute Gasteiger partial charge is 0.257 e. The first-order valence-electron chi connectivity index (χ1n) is 10.3. The maximum absolute atomic E-state index is 12.8. The number of carbonyl (C=O) groups is 3. The highest BCUT2D eigenvalue weighted by molar-refractivity contribution is 6.06. The largest absolute Gasteiger partial charge is 0.347 e. The lowest BCUT2D eigenvalue weighted by molar-refractivity contribution is -0.187. The second-order valence-corrected chi connectivity index (χ2v) is 7.80. The first kappa shape index (κ1) is 20.0. The van der Waals surface area contributed by atoms with E-state index >= 15 is 0 Å².